The third-order valence-electron chi connectivity index (χ3n) is 5.63. The summed E-state index contributed by atoms with van der Waals surface area (Å²) in [6, 6.07) is 11.7. The molecule has 2 aromatic carbocycles. The van der Waals surface area contributed by atoms with Crippen molar-refractivity contribution in [3.05, 3.63) is 59.2 Å². The fourth-order valence-corrected chi connectivity index (χ4v) is 5.36. The summed E-state index contributed by atoms with van der Waals surface area (Å²) in [5, 5.41) is 5.69. The Bertz CT molecular complexity index is 1120. The van der Waals surface area contributed by atoms with Crippen molar-refractivity contribution >= 4 is 27.5 Å². The van der Waals surface area contributed by atoms with E-state index in [2.05, 4.69) is 10.6 Å². The Balaban J connectivity index is 1.60. The van der Waals surface area contributed by atoms with Crippen LogP contribution in [0.3, 0.4) is 0 Å². The maximum Gasteiger partial charge on any atom is 0.255 e. The van der Waals surface area contributed by atoms with E-state index in [1.165, 1.54) is 10.4 Å². The number of benzene rings is 2. The van der Waals surface area contributed by atoms with Crippen LogP contribution in [0.5, 0.6) is 0 Å². The van der Waals surface area contributed by atoms with E-state index in [-0.39, 0.29) is 35.5 Å². The molecule has 0 radical (unpaired) electrons. The molecule has 1 saturated carbocycles. The van der Waals surface area contributed by atoms with Crippen molar-refractivity contribution in [2.75, 3.05) is 31.6 Å². The van der Waals surface area contributed by atoms with E-state index in [0.29, 0.717) is 36.4 Å². The number of morpholine rings is 1. The fourth-order valence-electron chi connectivity index (χ4n) is 3.63. The number of sulfonamides is 1. The molecule has 2 aromatic rings. The van der Waals surface area contributed by atoms with Crippen molar-refractivity contribution in [2.24, 2.45) is 0 Å². The quantitative estimate of drug-likeness (QED) is 0.664. The lowest BCUT2D eigenvalue weighted by Gasteiger charge is -2.27. The molecule has 2 amide bonds. The second-order valence-corrected chi connectivity index (χ2v) is 9.85. The summed E-state index contributed by atoms with van der Waals surface area (Å²) < 4.78 is 33.1. The highest BCUT2D eigenvalue weighted by Crippen LogP contribution is 2.25. The van der Waals surface area contributed by atoms with E-state index < -0.39 is 15.9 Å². The van der Waals surface area contributed by atoms with E-state index in [4.69, 9.17) is 4.74 Å². The first kappa shape index (κ1) is 22.4. The number of hydrogen-bond acceptors (Lipinski definition) is 5. The van der Waals surface area contributed by atoms with Gasteiger partial charge in [-0.25, -0.2) is 8.42 Å². The number of para-hydroxylation sites is 1. The van der Waals surface area contributed by atoms with Crippen LogP contribution in [0.15, 0.2) is 47.4 Å². The Hall–Kier alpha value is -2.75. The van der Waals surface area contributed by atoms with Crippen molar-refractivity contribution in [3.63, 3.8) is 0 Å². The number of rotatable bonds is 7. The minimum absolute atomic E-state index is 0.134. The first-order valence-corrected chi connectivity index (χ1v) is 12.3. The van der Waals surface area contributed by atoms with E-state index in [1.54, 1.807) is 36.4 Å². The van der Waals surface area contributed by atoms with Crippen LogP contribution < -0.4 is 10.6 Å². The molecule has 2 fully saturated rings. The minimum Gasteiger partial charge on any atom is -0.379 e. The molecule has 0 aromatic heterocycles. The summed E-state index contributed by atoms with van der Waals surface area (Å²) in [5.74, 6) is -0.710. The van der Waals surface area contributed by atoms with Gasteiger partial charge in [-0.2, -0.15) is 4.31 Å². The van der Waals surface area contributed by atoms with E-state index >= 15 is 0 Å². The number of aryl methyl sites for hydroxylation is 1. The van der Waals surface area contributed by atoms with Crippen molar-refractivity contribution in [1.82, 2.24) is 9.62 Å². The van der Waals surface area contributed by atoms with Crippen LogP contribution in [-0.2, 0) is 21.2 Å². The van der Waals surface area contributed by atoms with Gasteiger partial charge in [0.25, 0.3) is 11.8 Å². The summed E-state index contributed by atoms with van der Waals surface area (Å²) in [4.78, 5) is 25.7. The predicted molar refractivity (Wildman–Crippen MR) is 120 cm³/mol. The molecular formula is C23H27N3O5S. The van der Waals surface area contributed by atoms with Gasteiger partial charge in [-0.3, -0.25) is 9.59 Å². The highest BCUT2D eigenvalue weighted by Gasteiger charge is 2.29. The predicted octanol–water partition coefficient (Wildman–Crippen LogP) is 2.41. The van der Waals surface area contributed by atoms with Gasteiger partial charge in [0.1, 0.15) is 0 Å². The smallest absolute Gasteiger partial charge is 0.255 e. The number of nitrogens with zero attached hydrogens (tertiary/aromatic N) is 1. The first-order valence-electron chi connectivity index (χ1n) is 10.8. The van der Waals surface area contributed by atoms with Crippen LogP contribution in [0.4, 0.5) is 5.69 Å². The van der Waals surface area contributed by atoms with Gasteiger partial charge in [0.15, 0.2) is 0 Å². The third kappa shape index (κ3) is 4.85. The SMILES string of the molecule is CCc1ccc(C(=O)Nc2ccccc2C(=O)NC2CC2)cc1S(=O)(=O)N1CCOCC1. The molecule has 1 saturated heterocycles. The second kappa shape index (κ2) is 9.40. The molecule has 9 heteroatoms. The molecule has 1 aliphatic carbocycles. The van der Waals surface area contributed by atoms with Crippen LogP contribution in [0.25, 0.3) is 0 Å². The number of anilines is 1. The summed E-state index contributed by atoms with van der Waals surface area (Å²) in [6.45, 7) is 3.14. The fraction of sp³-hybridized carbons (Fsp3) is 0.391. The Morgan fingerprint density at radius 2 is 1.78 bits per heavy atom. The molecule has 1 aliphatic heterocycles. The van der Waals surface area contributed by atoms with Gasteiger partial charge >= 0.3 is 0 Å². The van der Waals surface area contributed by atoms with Crippen molar-refractivity contribution < 1.29 is 22.7 Å². The van der Waals surface area contributed by atoms with E-state index in [0.717, 1.165) is 12.8 Å². The molecule has 0 spiro atoms. The summed E-state index contributed by atoms with van der Waals surface area (Å²) in [6.07, 6.45) is 2.44. The molecular weight excluding hydrogens is 430 g/mol. The first-order chi connectivity index (χ1) is 15.4. The Labute approximate surface area is 188 Å². The topological polar surface area (TPSA) is 105 Å². The highest BCUT2D eigenvalue weighted by molar-refractivity contribution is 7.89. The third-order valence-corrected chi connectivity index (χ3v) is 7.61. The van der Waals surface area contributed by atoms with E-state index in [1.807, 2.05) is 6.92 Å². The van der Waals surface area contributed by atoms with Gasteiger partial charge in [0, 0.05) is 24.7 Å². The number of carbonyl (C=O) groups is 2. The van der Waals surface area contributed by atoms with Crippen LogP contribution in [0.2, 0.25) is 0 Å². The summed E-state index contributed by atoms with van der Waals surface area (Å²) >= 11 is 0. The number of carbonyl (C=O) groups excluding carboxylic acids is 2. The molecule has 0 bridgehead atoms. The van der Waals surface area contributed by atoms with Gasteiger partial charge in [-0.1, -0.05) is 25.1 Å². The molecule has 0 atom stereocenters. The van der Waals surface area contributed by atoms with Gasteiger partial charge in [-0.15, -0.1) is 0 Å². The van der Waals surface area contributed by atoms with Crippen LogP contribution >= 0.6 is 0 Å². The maximum absolute atomic E-state index is 13.2. The molecule has 1 heterocycles. The molecule has 8 nitrogen and oxygen atoms in total. The monoisotopic (exact) mass is 457 g/mol. The largest absolute Gasteiger partial charge is 0.379 e. The normalized spacial score (nSPS) is 17.0. The Morgan fingerprint density at radius 1 is 1.06 bits per heavy atom. The zero-order valence-corrected chi connectivity index (χ0v) is 18.8. The highest BCUT2D eigenvalue weighted by atomic mass is 32.2. The average Bonchev–Trinajstić information content (AvgIpc) is 3.63. The number of amides is 2. The summed E-state index contributed by atoms with van der Waals surface area (Å²) in [5.41, 5.74) is 1.62. The lowest BCUT2D eigenvalue weighted by molar-refractivity contribution is 0.0730. The molecule has 4 rings (SSSR count). The molecule has 2 aliphatic rings. The van der Waals surface area contributed by atoms with Crippen LogP contribution in [0.1, 0.15) is 46.0 Å². The van der Waals surface area contributed by atoms with Gasteiger partial charge in [0.2, 0.25) is 10.0 Å². The van der Waals surface area contributed by atoms with Crippen LogP contribution in [-0.4, -0.2) is 56.9 Å². The number of ether oxygens (including phenoxy) is 1. The van der Waals surface area contributed by atoms with Crippen molar-refractivity contribution in [2.45, 2.75) is 37.1 Å². The zero-order valence-electron chi connectivity index (χ0n) is 18.0. The standard InChI is InChI=1S/C23H27N3O5S/c1-2-16-7-8-17(15-21(16)32(29,30)26-11-13-31-14-12-26)22(27)25-20-6-4-3-5-19(20)23(28)24-18-9-10-18/h3-8,15,18H,2,9-14H2,1H3,(H,24,28)(H,25,27). The Kier molecular flexibility index (Phi) is 6.59. The van der Waals surface area contributed by atoms with Crippen LogP contribution in [0, 0.1) is 0 Å². The molecule has 0 unspecified atom stereocenters. The van der Waals surface area contributed by atoms with Crippen molar-refractivity contribution in [1.29, 1.82) is 0 Å². The van der Waals surface area contributed by atoms with Crippen molar-refractivity contribution in [3.8, 4) is 0 Å². The van der Waals surface area contributed by atoms with E-state index in [9.17, 15) is 18.0 Å². The molecule has 2 N–H and O–H groups in total. The lowest BCUT2D eigenvalue weighted by atomic mass is 10.1. The maximum atomic E-state index is 13.2. The van der Waals surface area contributed by atoms with Gasteiger partial charge < -0.3 is 15.4 Å². The second-order valence-electron chi connectivity index (χ2n) is 7.94. The Morgan fingerprint density at radius 3 is 2.47 bits per heavy atom. The zero-order chi connectivity index (χ0) is 22.7. The average molecular weight is 458 g/mol. The van der Waals surface area contributed by atoms with Gasteiger partial charge in [-0.05, 0) is 49.1 Å². The molecule has 32 heavy (non-hydrogen) atoms. The van der Waals surface area contributed by atoms with Gasteiger partial charge in [0.05, 0.1) is 29.4 Å². The number of hydrogen-bond donors (Lipinski definition) is 2. The number of nitrogens with one attached hydrogen (secondary N) is 2. The minimum atomic E-state index is -3.75. The molecule has 170 valence electrons. The summed E-state index contributed by atoms with van der Waals surface area (Å²) in [7, 11) is -3.75. The lowest BCUT2D eigenvalue weighted by Crippen LogP contribution is -2.41.